The molecule has 0 spiro atoms. The highest BCUT2D eigenvalue weighted by Crippen LogP contribution is 2.34. The van der Waals surface area contributed by atoms with Crippen molar-refractivity contribution in [2.24, 2.45) is 11.8 Å². The Kier molecular flexibility index (Phi) is 9.16. The minimum absolute atomic E-state index is 0.0550. The van der Waals surface area contributed by atoms with Crippen LogP contribution in [0.15, 0.2) is 36.5 Å². The molecule has 2 aliphatic carbocycles. The van der Waals surface area contributed by atoms with Gasteiger partial charge in [-0.05, 0) is 6.42 Å². The number of hydrogen-bond acceptors (Lipinski definition) is 11. The molecule has 3 rings (SSSR count). The number of carbonyl (C=O) groups is 5. The summed E-state index contributed by atoms with van der Waals surface area (Å²) in [5.41, 5.74) is 0. The maximum atomic E-state index is 13.1. The van der Waals surface area contributed by atoms with Crippen molar-refractivity contribution in [3.63, 3.8) is 0 Å². The Bertz CT molecular complexity index is 965. The predicted octanol–water partition coefficient (Wildman–Crippen LogP) is 1.34. The summed E-state index contributed by atoms with van der Waals surface area (Å²) >= 11 is 0. The topological polar surface area (TPSA) is 141 Å². The van der Waals surface area contributed by atoms with Gasteiger partial charge < -0.3 is 28.4 Å². The molecule has 0 N–H and O–H groups in total. The standard InChI is InChI=1S/C25H30O11/c1-13(26)31-12-20-22(32-14(2)27)23(33-15(3)28)24(34-16(4)29)25(36-20)35-19-11-7-9-17-8-5-6-10-18(19)21(17)30/h5-8,10-11,17-20,22-25H,9,12H2,1-4H3/t17-,18+,19+,20+,22+,23-,24+,25+/m0/s1. The summed E-state index contributed by atoms with van der Waals surface area (Å²) in [5, 5.41) is 0. The lowest BCUT2D eigenvalue weighted by atomic mass is 9.90. The molecule has 1 fully saturated rings. The van der Waals surface area contributed by atoms with Crippen molar-refractivity contribution in [2.45, 2.75) is 70.9 Å². The van der Waals surface area contributed by atoms with E-state index in [0.717, 1.165) is 20.8 Å². The molecule has 1 heterocycles. The fourth-order valence-electron chi connectivity index (χ4n) is 4.35. The zero-order valence-electron chi connectivity index (χ0n) is 20.5. The van der Waals surface area contributed by atoms with Gasteiger partial charge in [-0.15, -0.1) is 0 Å². The van der Waals surface area contributed by atoms with Crippen molar-refractivity contribution in [1.82, 2.24) is 0 Å². The van der Waals surface area contributed by atoms with Crippen LogP contribution < -0.4 is 0 Å². The zero-order chi connectivity index (χ0) is 26.4. The molecule has 0 saturated carbocycles. The van der Waals surface area contributed by atoms with Gasteiger partial charge in [0.15, 0.2) is 24.6 Å². The van der Waals surface area contributed by atoms with Gasteiger partial charge in [0.25, 0.3) is 0 Å². The van der Waals surface area contributed by atoms with Crippen LogP contribution in [0.3, 0.4) is 0 Å². The van der Waals surface area contributed by atoms with Crippen LogP contribution in [0.2, 0.25) is 0 Å². The van der Waals surface area contributed by atoms with E-state index >= 15 is 0 Å². The number of rotatable bonds is 7. The van der Waals surface area contributed by atoms with Gasteiger partial charge in [-0.2, -0.15) is 0 Å². The number of allylic oxidation sites excluding steroid dienone is 4. The summed E-state index contributed by atoms with van der Waals surface area (Å²) < 4.78 is 33.4. The van der Waals surface area contributed by atoms with E-state index in [2.05, 4.69) is 0 Å². The molecule has 2 bridgehead atoms. The first-order valence-electron chi connectivity index (χ1n) is 11.6. The lowest BCUT2D eigenvalue weighted by Gasteiger charge is -2.45. The SMILES string of the molecule is CC(=O)OC[C@H]1O[C@@H](O[C@@H]2C=CC[C@@H]3C=CC=C[C@H]2C3=O)[C@H](OC(C)=O)[C@@H](OC(C)=O)[C@@H]1OC(C)=O. The molecule has 8 atom stereocenters. The summed E-state index contributed by atoms with van der Waals surface area (Å²) in [7, 11) is 0. The Balaban J connectivity index is 1.97. The molecular weight excluding hydrogens is 476 g/mol. The second-order valence-electron chi connectivity index (χ2n) is 8.64. The Morgan fingerprint density at radius 2 is 1.44 bits per heavy atom. The van der Waals surface area contributed by atoms with Crippen molar-refractivity contribution in [3.8, 4) is 0 Å². The quantitative estimate of drug-likeness (QED) is 0.281. The fraction of sp³-hybridized carbons (Fsp3) is 0.560. The molecule has 11 nitrogen and oxygen atoms in total. The van der Waals surface area contributed by atoms with Crippen LogP contribution >= 0.6 is 0 Å². The molecule has 0 aromatic rings. The summed E-state index contributed by atoms with van der Waals surface area (Å²) in [4.78, 5) is 60.3. The lowest BCUT2D eigenvalue weighted by molar-refractivity contribution is -0.315. The fourth-order valence-corrected chi connectivity index (χ4v) is 4.35. The number of hydrogen-bond donors (Lipinski definition) is 0. The molecule has 3 aliphatic rings. The van der Waals surface area contributed by atoms with E-state index in [4.69, 9.17) is 28.4 Å². The van der Waals surface area contributed by atoms with E-state index in [1.54, 1.807) is 24.3 Å². The molecule has 0 amide bonds. The summed E-state index contributed by atoms with van der Waals surface area (Å²) in [5.74, 6) is -3.86. The highest BCUT2D eigenvalue weighted by molar-refractivity contribution is 5.88. The van der Waals surface area contributed by atoms with Crippen LogP contribution in [-0.2, 0) is 52.4 Å². The van der Waals surface area contributed by atoms with Gasteiger partial charge in [-0.1, -0.05) is 36.5 Å². The third-order valence-electron chi connectivity index (χ3n) is 5.78. The van der Waals surface area contributed by atoms with Crippen LogP contribution in [0, 0.1) is 11.8 Å². The molecule has 196 valence electrons. The van der Waals surface area contributed by atoms with Gasteiger partial charge in [0, 0.05) is 33.6 Å². The van der Waals surface area contributed by atoms with Gasteiger partial charge in [0.05, 0.1) is 12.0 Å². The van der Waals surface area contributed by atoms with Gasteiger partial charge in [0.2, 0.25) is 0 Å². The van der Waals surface area contributed by atoms with Crippen molar-refractivity contribution in [2.75, 3.05) is 6.61 Å². The largest absolute Gasteiger partial charge is 0.463 e. The van der Waals surface area contributed by atoms with Crippen LogP contribution in [0.5, 0.6) is 0 Å². The van der Waals surface area contributed by atoms with E-state index in [1.807, 2.05) is 12.2 Å². The second kappa shape index (κ2) is 12.1. The van der Waals surface area contributed by atoms with Crippen molar-refractivity contribution in [1.29, 1.82) is 0 Å². The third kappa shape index (κ3) is 6.88. The highest BCUT2D eigenvalue weighted by Gasteiger charge is 2.53. The molecule has 36 heavy (non-hydrogen) atoms. The van der Waals surface area contributed by atoms with Gasteiger partial charge >= 0.3 is 23.9 Å². The number of Topliss-reactive ketones (excluding diaryl/α,β-unsaturated/α-hetero) is 1. The van der Waals surface area contributed by atoms with E-state index in [-0.39, 0.29) is 18.3 Å². The Labute approximate surface area is 208 Å². The molecule has 1 aliphatic heterocycles. The number of carbonyl (C=O) groups excluding carboxylic acids is 5. The normalized spacial score (nSPS) is 33.2. The van der Waals surface area contributed by atoms with E-state index in [1.165, 1.54) is 6.92 Å². The minimum Gasteiger partial charge on any atom is -0.463 e. The maximum absolute atomic E-state index is 13.1. The Morgan fingerprint density at radius 3 is 2.08 bits per heavy atom. The molecule has 0 unspecified atom stereocenters. The minimum atomic E-state index is -1.37. The van der Waals surface area contributed by atoms with Crippen LogP contribution in [0.1, 0.15) is 34.1 Å². The molecule has 1 saturated heterocycles. The van der Waals surface area contributed by atoms with Gasteiger partial charge in [-0.25, -0.2) is 0 Å². The van der Waals surface area contributed by atoms with E-state index in [0.29, 0.717) is 6.42 Å². The average Bonchev–Trinajstić information content (AvgIpc) is 3.05. The average molecular weight is 507 g/mol. The molecule has 0 radical (unpaired) electrons. The number of fused-ring (bicyclic) bond motifs is 2. The third-order valence-corrected chi connectivity index (χ3v) is 5.78. The first-order chi connectivity index (χ1) is 17.1. The monoisotopic (exact) mass is 506 g/mol. The molecule has 0 aromatic heterocycles. The predicted molar refractivity (Wildman–Crippen MR) is 121 cm³/mol. The highest BCUT2D eigenvalue weighted by atomic mass is 16.7. The smallest absolute Gasteiger partial charge is 0.303 e. The number of ether oxygens (including phenoxy) is 6. The maximum Gasteiger partial charge on any atom is 0.303 e. The van der Waals surface area contributed by atoms with Crippen LogP contribution in [0.4, 0.5) is 0 Å². The van der Waals surface area contributed by atoms with Gasteiger partial charge in [-0.3, -0.25) is 24.0 Å². The first-order valence-corrected chi connectivity index (χ1v) is 11.6. The Hall–Kier alpha value is -3.31. The Morgan fingerprint density at radius 1 is 0.833 bits per heavy atom. The number of esters is 4. The van der Waals surface area contributed by atoms with Crippen molar-refractivity contribution in [3.05, 3.63) is 36.5 Å². The molecule has 0 aromatic carbocycles. The van der Waals surface area contributed by atoms with Crippen LogP contribution in [0.25, 0.3) is 0 Å². The summed E-state index contributed by atoms with van der Waals surface area (Å²) in [6, 6.07) is 0. The zero-order valence-corrected chi connectivity index (χ0v) is 20.5. The van der Waals surface area contributed by atoms with Gasteiger partial charge in [0.1, 0.15) is 18.5 Å². The van der Waals surface area contributed by atoms with Crippen molar-refractivity contribution >= 4 is 29.7 Å². The second-order valence-corrected chi connectivity index (χ2v) is 8.64. The summed E-state index contributed by atoms with van der Waals surface area (Å²) in [6.07, 6.45) is 3.82. The molecular formula is C25H30O11. The first kappa shape index (κ1) is 27.3. The van der Waals surface area contributed by atoms with E-state index in [9.17, 15) is 24.0 Å². The molecule has 11 heteroatoms. The van der Waals surface area contributed by atoms with E-state index < -0.39 is 66.6 Å². The lowest BCUT2D eigenvalue weighted by Crippen LogP contribution is -2.63. The number of ketones is 1. The van der Waals surface area contributed by atoms with Crippen LogP contribution in [-0.4, -0.2) is 73.1 Å². The summed E-state index contributed by atoms with van der Waals surface area (Å²) in [6.45, 7) is 4.24. The van der Waals surface area contributed by atoms with Crippen molar-refractivity contribution < 1.29 is 52.4 Å².